The number of ether oxygens (including phenoxy) is 1. The van der Waals surface area contributed by atoms with E-state index < -0.39 is 5.60 Å². The highest BCUT2D eigenvalue weighted by molar-refractivity contribution is 7.10. The number of rotatable bonds is 4. The number of hydrogen-bond donors (Lipinski definition) is 1. The van der Waals surface area contributed by atoms with Gasteiger partial charge >= 0.3 is 6.09 Å². The van der Waals surface area contributed by atoms with Gasteiger partial charge in [0.2, 0.25) is 0 Å². The predicted octanol–water partition coefficient (Wildman–Crippen LogP) is 4.19. The quantitative estimate of drug-likeness (QED) is 0.903. The van der Waals surface area contributed by atoms with Crippen molar-refractivity contribution in [3.8, 4) is 0 Å². The van der Waals surface area contributed by atoms with E-state index in [1.54, 1.807) is 11.3 Å². The first-order chi connectivity index (χ1) is 10.4. The van der Waals surface area contributed by atoms with Crippen molar-refractivity contribution in [2.24, 2.45) is 0 Å². The highest BCUT2D eigenvalue weighted by Gasteiger charge is 2.28. The van der Waals surface area contributed by atoms with E-state index in [4.69, 9.17) is 4.74 Å². The summed E-state index contributed by atoms with van der Waals surface area (Å²) in [6.45, 7) is 9.68. The van der Waals surface area contributed by atoms with Crippen molar-refractivity contribution in [1.29, 1.82) is 0 Å². The van der Waals surface area contributed by atoms with Crippen LogP contribution < -0.4 is 5.32 Å². The number of alkyl carbamates (subject to hydrolysis) is 1. The van der Waals surface area contributed by atoms with Crippen molar-refractivity contribution < 1.29 is 9.53 Å². The normalized spacial score (nSPS) is 21.4. The molecular weight excluding hydrogens is 296 g/mol. The second-order valence-electron chi connectivity index (χ2n) is 6.96. The number of carbonyl (C=O) groups excluding carboxylic acids is 1. The highest BCUT2D eigenvalue weighted by atomic mass is 32.1. The third-order valence-corrected chi connectivity index (χ3v) is 5.05. The standard InChI is InChI=1S/C17H28N2O2S/c1-13(15-9-7-11-22-15)19-10-6-5-8-14(19)12-18-16(20)21-17(2,3)4/h7,9,11,13-14H,5-6,8,10,12H2,1-4H3,(H,18,20). The van der Waals surface area contributed by atoms with Gasteiger partial charge in [0.15, 0.2) is 0 Å². The van der Waals surface area contributed by atoms with Crippen LogP contribution in [0.5, 0.6) is 0 Å². The molecule has 1 aliphatic rings. The van der Waals surface area contributed by atoms with Gasteiger partial charge in [0.1, 0.15) is 5.60 Å². The van der Waals surface area contributed by atoms with E-state index in [0.29, 0.717) is 18.6 Å². The first kappa shape index (κ1) is 17.3. The van der Waals surface area contributed by atoms with Gasteiger partial charge in [-0.2, -0.15) is 0 Å². The summed E-state index contributed by atoms with van der Waals surface area (Å²) in [6.07, 6.45) is 3.28. The smallest absolute Gasteiger partial charge is 0.407 e. The van der Waals surface area contributed by atoms with Crippen LogP contribution in [0.1, 0.15) is 57.9 Å². The molecule has 1 aliphatic heterocycles. The van der Waals surface area contributed by atoms with Gasteiger partial charge in [-0.15, -0.1) is 11.3 Å². The van der Waals surface area contributed by atoms with E-state index in [9.17, 15) is 4.79 Å². The molecule has 1 amide bonds. The number of nitrogens with zero attached hydrogens (tertiary/aromatic N) is 1. The monoisotopic (exact) mass is 324 g/mol. The second kappa shape index (κ2) is 7.47. The van der Waals surface area contributed by atoms with Crippen LogP contribution in [0.2, 0.25) is 0 Å². The first-order valence-electron chi connectivity index (χ1n) is 8.13. The van der Waals surface area contributed by atoms with E-state index in [1.807, 2.05) is 20.8 Å². The van der Waals surface area contributed by atoms with Crippen LogP contribution in [0.4, 0.5) is 4.79 Å². The molecule has 2 heterocycles. The van der Waals surface area contributed by atoms with Crippen molar-refractivity contribution >= 4 is 17.4 Å². The zero-order chi connectivity index (χ0) is 16.2. The highest BCUT2D eigenvalue weighted by Crippen LogP contribution is 2.30. The van der Waals surface area contributed by atoms with Crippen molar-refractivity contribution in [3.05, 3.63) is 22.4 Å². The molecule has 1 N–H and O–H groups in total. The summed E-state index contributed by atoms with van der Waals surface area (Å²) in [5.41, 5.74) is -0.444. The first-order valence-corrected chi connectivity index (χ1v) is 9.01. The van der Waals surface area contributed by atoms with E-state index in [2.05, 4.69) is 34.7 Å². The zero-order valence-electron chi connectivity index (χ0n) is 14.1. The lowest BCUT2D eigenvalue weighted by Gasteiger charge is -2.39. The Labute approximate surface area is 137 Å². The molecule has 2 atom stereocenters. The third kappa shape index (κ3) is 4.99. The Hall–Kier alpha value is -1.07. The third-order valence-electron chi connectivity index (χ3n) is 4.01. The van der Waals surface area contributed by atoms with Gasteiger partial charge in [0.25, 0.3) is 0 Å². The van der Waals surface area contributed by atoms with Gasteiger partial charge in [-0.05, 0) is 58.5 Å². The summed E-state index contributed by atoms with van der Waals surface area (Å²) < 4.78 is 5.33. The lowest BCUT2D eigenvalue weighted by atomic mass is 9.99. The lowest BCUT2D eigenvalue weighted by molar-refractivity contribution is 0.0473. The van der Waals surface area contributed by atoms with Crippen LogP contribution in [0.25, 0.3) is 0 Å². The average molecular weight is 324 g/mol. The van der Waals surface area contributed by atoms with Gasteiger partial charge in [-0.1, -0.05) is 12.5 Å². The summed E-state index contributed by atoms with van der Waals surface area (Å²) in [7, 11) is 0. The summed E-state index contributed by atoms with van der Waals surface area (Å²) in [4.78, 5) is 15.8. The minimum atomic E-state index is -0.444. The zero-order valence-corrected chi connectivity index (χ0v) is 14.9. The van der Waals surface area contributed by atoms with Crippen LogP contribution in [-0.2, 0) is 4.74 Å². The lowest BCUT2D eigenvalue weighted by Crippen LogP contribution is -2.48. The number of amides is 1. The Morgan fingerprint density at radius 2 is 2.27 bits per heavy atom. The SMILES string of the molecule is CC(c1cccs1)N1CCCCC1CNC(=O)OC(C)(C)C. The van der Waals surface area contributed by atoms with Crippen LogP contribution in [-0.4, -0.2) is 35.7 Å². The largest absolute Gasteiger partial charge is 0.444 e. The minimum Gasteiger partial charge on any atom is -0.444 e. The number of carbonyl (C=O) groups is 1. The number of piperidine rings is 1. The second-order valence-corrected chi connectivity index (χ2v) is 7.94. The van der Waals surface area contributed by atoms with Crippen molar-refractivity contribution in [3.63, 3.8) is 0 Å². The van der Waals surface area contributed by atoms with Crippen molar-refractivity contribution in [1.82, 2.24) is 10.2 Å². The fraction of sp³-hybridized carbons (Fsp3) is 0.706. The number of likely N-dealkylation sites (tertiary alicyclic amines) is 1. The minimum absolute atomic E-state index is 0.318. The van der Waals surface area contributed by atoms with Gasteiger partial charge in [0.05, 0.1) is 0 Å². The van der Waals surface area contributed by atoms with E-state index in [-0.39, 0.29) is 6.09 Å². The topological polar surface area (TPSA) is 41.6 Å². The molecule has 124 valence electrons. The summed E-state index contributed by atoms with van der Waals surface area (Å²) >= 11 is 1.81. The van der Waals surface area contributed by atoms with E-state index >= 15 is 0 Å². The van der Waals surface area contributed by atoms with Crippen molar-refractivity contribution in [2.75, 3.05) is 13.1 Å². The molecule has 1 fully saturated rings. The average Bonchev–Trinajstić information content (AvgIpc) is 2.97. The maximum atomic E-state index is 11.9. The Morgan fingerprint density at radius 1 is 1.50 bits per heavy atom. The Balaban J connectivity index is 1.91. The van der Waals surface area contributed by atoms with Gasteiger partial charge in [-0.25, -0.2) is 4.79 Å². The number of thiophene rings is 1. The molecule has 1 aromatic heterocycles. The molecule has 0 aromatic carbocycles. The summed E-state index contributed by atoms with van der Waals surface area (Å²) in [5, 5.41) is 5.07. The number of hydrogen-bond acceptors (Lipinski definition) is 4. The molecule has 4 nitrogen and oxygen atoms in total. The Kier molecular flexibility index (Phi) is 5.87. The molecular formula is C17H28N2O2S. The maximum absolute atomic E-state index is 11.9. The van der Waals surface area contributed by atoms with Crippen LogP contribution in [0, 0.1) is 0 Å². The fourth-order valence-corrected chi connectivity index (χ4v) is 3.76. The molecule has 2 unspecified atom stereocenters. The Morgan fingerprint density at radius 3 is 2.91 bits per heavy atom. The molecule has 0 aliphatic carbocycles. The van der Waals surface area contributed by atoms with E-state index in [0.717, 1.165) is 13.0 Å². The molecule has 0 bridgehead atoms. The molecule has 2 rings (SSSR count). The molecule has 1 saturated heterocycles. The molecule has 1 aromatic rings. The molecule has 0 radical (unpaired) electrons. The fourth-order valence-electron chi connectivity index (χ4n) is 2.96. The number of nitrogens with one attached hydrogen (secondary N) is 1. The molecule has 0 saturated carbocycles. The van der Waals surface area contributed by atoms with Crippen molar-refractivity contribution in [2.45, 2.75) is 64.6 Å². The van der Waals surface area contributed by atoms with Crippen LogP contribution in [0.3, 0.4) is 0 Å². The summed E-state index contributed by atoms with van der Waals surface area (Å²) in [6, 6.07) is 5.10. The maximum Gasteiger partial charge on any atom is 0.407 e. The van der Waals surface area contributed by atoms with Crippen LogP contribution >= 0.6 is 11.3 Å². The molecule has 0 spiro atoms. The predicted molar refractivity (Wildman–Crippen MR) is 91.3 cm³/mol. The van der Waals surface area contributed by atoms with Gasteiger partial charge in [-0.3, -0.25) is 4.90 Å². The van der Waals surface area contributed by atoms with Gasteiger partial charge in [0, 0.05) is 23.5 Å². The van der Waals surface area contributed by atoms with Gasteiger partial charge < -0.3 is 10.1 Å². The van der Waals surface area contributed by atoms with Crippen LogP contribution in [0.15, 0.2) is 17.5 Å². The molecule has 22 heavy (non-hydrogen) atoms. The van der Waals surface area contributed by atoms with E-state index in [1.165, 1.54) is 17.7 Å². The molecule has 5 heteroatoms. The Bertz CT molecular complexity index is 468. The summed E-state index contributed by atoms with van der Waals surface area (Å²) in [5.74, 6) is 0.